The predicted molar refractivity (Wildman–Crippen MR) is 141 cm³/mol. The highest BCUT2D eigenvalue weighted by Crippen LogP contribution is 2.33. The average molecular weight is 534 g/mol. The van der Waals surface area contributed by atoms with Crippen LogP contribution < -0.4 is 9.64 Å². The van der Waals surface area contributed by atoms with Gasteiger partial charge in [0, 0.05) is 39.0 Å². The van der Waals surface area contributed by atoms with Gasteiger partial charge in [-0.2, -0.15) is 4.31 Å². The molecule has 0 N–H and O–H groups in total. The first-order valence-electron chi connectivity index (χ1n) is 11.9. The van der Waals surface area contributed by atoms with Crippen LogP contribution in [0, 0.1) is 0 Å². The van der Waals surface area contributed by atoms with E-state index in [2.05, 4.69) is 32.0 Å². The Morgan fingerprint density at radius 1 is 1.17 bits per heavy atom. The second-order valence-electron chi connectivity index (χ2n) is 8.82. The Morgan fingerprint density at radius 3 is 2.63 bits per heavy atom. The van der Waals surface area contributed by atoms with Gasteiger partial charge in [0.15, 0.2) is 0 Å². The molecule has 0 radical (unpaired) electrons. The molecule has 0 atom stereocenters. The smallest absolute Gasteiger partial charge is 0.274 e. The Morgan fingerprint density at radius 2 is 1.94 bits per heavy atom. The first-order valence-corrected chi connectivity index (χ1v) is 14.7. The second kappa shape index (κ2) is 10.4. The number of sulfonamides is 1. The lowest BCUT2D eigenvalue weighted by Gasteiger charge is -2.31. The van der Waals surface area contributed by atoms with Crippen LogP contribution in [-0.2, 0) is 10.0 Å². The van der Waals surface area contributed by atoms with Gasteiger partial charge in [0.25, 0.3) is 5.19 Å². The number of halogens is 1. The van der Waals surface area contributed by atoms with E-state index >= 15 is 0 Å². The Balaban J connectivity index is 1.21. The molecule has 1 fully saturated rings. The first-order chi connectivity index (χ1) is 16.9. The number of hydrogen-bond donors (Lipinski definition) is 0. The van der Waals surface area contributed by atoms with E-state index in [0.717, 1.165) is 41.7 Å². The maximum atomic E-state index is 12.3. The van der Waals surface area contributed by atoms with Crippen molar-refractivity contribution in [3.63, 3.8) is 0 Å². The zero-order valence-corrected chi connectivity index (χ0v) is 21.9. The summed E-state index contributed by atoms with van der Waals surface area (Å²) in [5.41, 5.74) is 3.23. The Kier molecular flexibility index (Phi) is 7.24. The number of anilines is 1. The van der Waals surface area contributed by atoms with Crippen LogP contribution in [0.25, 0.3) is 15.8 Å². The average Bonchev–Trinajstić information content (AvgIpc) is 3.26. The minimum absolute atomic E-state index is 0.107. The zero-order valence-electron chi connectivity index (χ0n) is 19.6. The number of aromatic nitrogens is 3. The molecule has 1 saturated heterocycles. The molecular weight excluding hydrogens is 506 g/mol. The third-order valence-corrected chi connectivity index (χ3v) is 9.51. The van der Waals surface area contributed by atoms with Crippen LogP contribution in [0.3, 0.4) is 0 Å². The topological polar surface area (TPSA) is 88.5 Å². The molecule has 3 aromatic rings. The molecule has 5 rings (SSSR count). The Labute approximate surface area is 214 Å². The fraction of sp³-hybridized carbons (Fsp3) is 0.458. The van der Waals surface area contributed by atoms with Gasteiger partial charge in [-0.1, -0.05) is 42.0 Å². The predicted octanol–water partition coefficient (Wildman–Crippen LogP) is 4.62. The number of fused-ring (bicyclic) bond motifs is 1. The van der Waals surface area contributed by atoms with E-state index in [1.807, 2.05) is 19.1 Å². The highest BCUT2D eigenvalue weighted by molar-refractivity contribution is 7.89. The van der Waals surface area contributed by atoms with Crippen LogP contribution >= 0.6 is 22.9 Å². The molecule has 2 aliphatic heterocycles. The van der Waals surface area contributed by atoms with E-state index in [1.54, 1.807) is 28.0 Å². The van der Waals surface area contributed by atoms with Gasteiger partial charge in [0.1, 0.15) is 6.10 Å². The molecule has 2 aromatic heterocycles. The molecule has 0 spiro atoms. The van der Waals surface area contributed by atoms with Crippen molar-refractivity contribution < 1.29 is 13.2 Å². The molecule has 4 heterocycles. The molecular formula is C24H28ClN5O3S2. The Bertz CT molecular complexity index is 1320. The van der Waals surface area contributed by atoms with E-state index in [1.165, 1.54) is 5.57 Å². The lowest BCUT2D eigenvalue weighted by atomic mass is 10.0. The number of piperidine rings is 1. The van der Waals surface area contributed by atoms with Crippen molar-refractivity contribution in [3.05, 3.63) is 47.3 Å². The summed E-state index contributed by atoms with van der Waals surface area (Å²) in [5.74, 6) is 0.906. The monoisotopic (exact) mass is 533 g/mol. The lowest BCUT2D eigenvalue weighted by Crippen LogP contribution is -2.39. The van der Waals surface area contributed by atoms with E-state index in [9.17, 15) is 8.42 Å². The molecule has 186 valence electrons. The lowest BCUT2D eigenvalue weighted by molar-refractivity contribution is 0.170. The third-order valence-electron chi connectivity index (χ3n) is 6.37. The maximum Gasteiger partial charge on any atom is 0.274 e. The number of hydrogen-bond acceptors (Lipinski definition) is 8. The van der Waals surface area contributed by atoms with Crippen LogP contribution in [-0.4, -0.2) is 65.7 Å². The summed E-state index contributed by atoms with van der Waals surface area (Å²) < 4.78 is 33.6. The quantitative estimate of drug-likeness (QED) is 0.438. The summed E-state index contributed by atoms with van der Waals surface area (Å²) in [6, 6.07) is 6.23. The van der Waals surface area contributed by atoms with Gasteiger partial charge in [-0.15, -0.1) is 0 Å². The van der Waals surface area contributed by atoms with Crippen LogP contribution in [0.2, 0.25) is 5.02 Å². The fourth-order valence-electron chi connectivity index (χ4n) is 4.49. The number of thiazole rings is 1. The van der Waals surface area contributed by atoms with E-state index < -0.39 is 10.0 Å². The second-order valence-corrected chi connectivity index (χ2v) is 12.3. The summed E-state index contributed by atoms with van der Waals surface area (Å²) >= 11 is 7.45. The van der Waals surface area contributed by atoms with Gasteiger partial charge in [-0.05, 0) is 36.1 Å². The van der Waals surface area contributed by atoms with E-state index in [0.29, 0.717) is 42.1 Å². The standard InChI is InChI=1S/C24H28ClN5O3S2/c1-2-13-35(31,32)30-11-5-17(6-12-30)18-3-4-21-22(14-18)34-24(28-21)33-20-7-9-29(10-8-20)23-26-15-19(25)16-27-23/h3-5,14-16,20H,2,6-13H2,1H3. The molecule has 0 unspecified atom stereocenters. The first kappa shape index (κ1) is 24.4. The van der Waals surface area contributed by atoms with Crippen LogP contribution in [0.1, 0.15) is 38.2 Å². The summed E-state index contributed by atoms with van der Waals surface area (Å²) in [5, 5.41) is 1.22. The van der Waals surface area contributed by atoms with Gasteiger partial charge in [-0.25, -0.2) is 23.4 Å². The highest BCUT2D eigenvalue weighted by atomic mass is 35.5. The van der Waals surface area contributed by atoms with Crippen molar-refractivity contribution in [2.24, 2.45) is 0 Å². The maximum absolute atomic E-state index is 12.3. The SMILES string of the molecule is CCCS(=O)(=O)N1CC=C(c2ccc3nc(OC4CCN(c5ncc(Cl)cn5)CC4)sc3c2)CC1. The van der Waals surface area contributed by atoms with Gasteiger partial charge >= 0.3 is 0 Å². The fourth-order valence-corrected chi connectivity index (χ4v) is 6.95. The molecule has 0 aliphatic carbocycles. The minimum atomic E-state index is -3.16. The molecule has 1 aromatic carbocycles. The third kappa shape index (κ3) is 5.61. The van der Waals surface area contributed by atoms with Crippen molar-refractivity contribution in [3.8, 4) is 5.19 Å². The largest absolute Gasteiger partial charge is 0.467 e. The normalized spacial score (nSPS) is 18.1. The van der Waals surface area contributed by atoms with Gasteiger partial charge < -0.3 is 9.64 Å². The van der Waals surface area contributed by atoms with Crippen molar-refractivity contribution in [1.29, 1.82) is 0 Å². The van der Waals surface area contributed by atoms with E-state index in [4.69, 9.17) is 16.3 Å². The van der Waals surface area contributed by atoms with Crippen LogP contribution in [0.15, 0.2) is 36.7 Å². The van der Waals surface area contributed by atoms with E-state index in [-0.39, 0.29) is 11.9 Å². The Hall–Kier alpha value is -2.27. The number of rotatable bonds is 7. The van der Waals surface area contributed by atoms with Crippen LogP contribution in [0.4, 0.5) is 5.95 Å². The van der Waals surface area contributed by atoms with Gasteiger partial charge in [-0.3, -0.25) is 0 Å². The minimum Gasteiger partial charge on any atom is -0.467 e. The summed E-state index contributed by atoms with van der Waals surface area (Å²) in [6.45, 7) is 4.50. The van der Waals surface area contributed by atoms with Crippen molar-refractivity contribution in [1.82, 2.24) is 19.3 Å². The molecule has 8 nitrogen and oxygen atoms in total. The van der Waals surface area contributed by atoms with Crippen molar-refractivity contribution in [2.75, 3.05) is 36.8 Å². The summed E-state index contributed by atoms with van der Waals surface area (Å²) in [7, 11) is -3.16. The summed E-state index contributed by atoms with van der Waals surface area (Å²) in [6.07, 6.45) is 8.48. The number of ether oxygens (including phenoxy) is 1. The van der Waals surface area contributed by atoms with Gasteiger partial charge in [0.2, 0.25) is 16.0 Å². The van der Waals surface area contributed by atoms with Gasteiger partial charge in [0.05, 0.1) is 33.4 Å². The molecule has 0 saturated carbocycles. The molecule has 2 aliphatic rings. The van der Waals surface area contributed by atoms with Crippen molar-refractivity contribution in [2.45, 2.75) is 38.7 Å². The van der Waals surface area contributed by atoms with Crippen LogP contribution in [0.5, 0.6) is 5.19 Å². The molecule has 0 amide bonds. The summed E-state index contributed by atoms with van der Waals surface area (Å²) in [4.78, 5) is 15.4. The molecule has 0 bridgehead atoms. The number of benzene rings is 1. The highest BCUT2D eigenvalue weighted by Gasteiger charge is 2.25. The molecule has 11 heteroatoms. The van der Waals surface area contributed by atoms with Crippen molar-refractivity contribution >= 4 is 54.7 Å². The zero-order chi connectivity index (χ0) is 24.4. The number of nitrogens with zero attached hydrogens (tertiary/aromatic N) is 5. The molecule has 35 heavy (non-hydrogen) atoms.